The SMILES string of the molecule is COc1ccccc1CCC(=O)N1CCCC1c1c(C)nn(C)c1C. The fourth-order valence-corrected chi connectivity index (χ4v) is 3.93. The molecule has 5 heteroatoms. The van der Waals surface area contributed by atoms with Crippen molar-refractivity contribution in [3.63, 3.8) is 0 Å². The zero-order valence-corrected chi connectivity index (χ0v) is 15.6. The maximum atomic E-state index is 12.9. The maximum absolute atomic E-state index is 12.9. The van der Waals surface area contributed by atoms with Gasteiger partial charge in [-0.1, -0.05) is 18.2 Å². The number of aryl methyl sites for hydroxylation is 3. The molecule has 1 unspecified atom stereocenters. The Kier molecular flexibility index (Phi) is 5.11. The molecule has 2 heterocycles. The van der Waals surface area contributed by atoms with Crippen LogP contribution in [0.2, 0.25) is 0 Å². The summed E-state index contributed by atoms with van der Waals surface area (Å²) in [5.41, 5.74) is 4.51. The summed E-state index contributed by atoms with van der Waals surface area (Å²) in [6.45, 7) is 4.96. The first kappa shape index (κ1) is 17.5. The molecule has 1 fully saturated rings. The summed E-state index contributed by atoms with van der Waals surface area (Å²) in [5, 5.41) is 4.53. The van der Waals surface area contributed by atoms with Crippen molar-refractivity contribution in [2.24, 2.45) is 7.05 Å². The van der Waals surface area contributed by atoms with E-state index in [4.69, 9.17) is 4.74 Å². The highest BCUT2D eigenvalue weighted by molar-refractivity contribution is 5.77. The largest absolute Gasteiger partial charge is 0.496 e. The van der Waals surface area contributed by atoms with E-state index < -0.39 is 0 Å². The summed E-state index contributed by atoms with van der Waals surface area (Å²) in [6, 6.07) is 8.08. The number of rotatable bonds is 5. The molecular formula is C20H27N3O2. The van der Waals surface area contributed by atoms with Crippen molar-refractivity contribution in [1.82, 2.24) is 14.7 Å². The minimum Gasteiger partial charge on any atom is -0.496 e. The quantitative estimate of drug-likeness (QED) is 0.838. The van der Waals surface area contributed by atoms with Gasteiger partial charge in [0.25, 0.3) is 0 Å². The van der Waals surface area contributed by atoms with Gasteiger partial charge < -0.3 is 9.64 Å². The van der Waals surface area contributed by atoms with E-state index in [0.717, 1.165) is 42.1 Å². The number of hydrogen-bond donors (Lipinski definition) is 0. The summed E-state index contributed by atoms with van der Waals surface area (Å²) in [7, 11) is 3.64. The van der Waals surface area contributed by atoms with E-state index in [1.54, 1.807) is 7.11 Å². The first-order chi connectivity index (χ1) is 12.0. The second-order valence-electron chi connectivity index (χ2n) is 6.77. The Labute approximate surface area is 149 Å². The average molecular weight is 341 g/mol. The van der Waals surface area contributed by atoms with Crippen LogP contribution in [0, 0.1) is 13.8 Å². The zero-order chi connectivity index (χ0) is 18.0. The van der Waals surface area contributed by atoms with E-state index in [9.17, 15) is 4.79 Å². The Balaban J connectivity index is 1.73. The summed E-state index contributed by atoms with van der Waals surface area (Å²) in [5.74, 6) is 1.07. The molecule has 25 heavy (non-hydrogen) atoms. The molecular weight excluding hydrogens is 314 g/mol. The van der Waals surface area contributed by atoms with Crippen molar-refractivity contribution >= 4 is 5.91 Å². The molecule has 0 saturated carbocycles. The molecule has 1 aliphatic rings. The molecule has 0 bridgehead atoms. The molecule has 1 aromatic carbocycles. The van der Waals surface area contributed by atoms with Gasteiger partial charge in [-0.25, -0.2) is 0 Å². The van der Waals surface area contributed by atoms with Crippen molar-refractivity contribution in [2.75, 3.05) is 13.7 Å². The normalized spacial score (nSPS) is 17.1. The topological polar surface area (TPSA) is 47.4 Å². The number of carbonyl (C=O) groups is 1. The predicted octanol–water partition coefficient (Wildman–Crippen LogP) is 3.34. The standard InChI is InChI=1S/C20H27N3O2/c1-14-20(15(2)22(3)21-14)17-9-7-13-23(17)19(24)12-11-16-8-5-6-10-18(16)25-4/h5-6,8,10,17H,7,9,11-13H2,1-4H3. The minimum absolute atomic E-state index is 0.166. The number of para-hydroxylation sites is 1. The van der Waals surface area contributed by atoms with Gasteiger partial charge in [0.05, 0.1) is 18.8 Å². The molecule has 134 valence electrons. The Morgan fingerprint density at radius 2 is 2.08 bits per heavy atom. The number of nitrogens with zero attached hydrogens (tertiary/aromatic N) is 3. The van der Waals surface area contributed by atoms with E-state index in [1.807, 2.05) is 47.8 Å². The number of aromatic nitrogens is 2. The van der Waals surface area contributed by atoms with E-state index >= 15 is 0 Å². The van der Waals surface area contributed by atoms with E-state index in [-0.39, 0.29) is 11.9 Å². The summed E-state index contributed by atoms with van der Waals surface area (Å²) in [6.07, 6.45) is 3.29. The van der Waals surface area contributed by atoms with Crippen LogP contribution in [0.25, 0.3) is 0 Å². The van der Waals surface area contributed by atoms with Crippen LogP contribution in [0.1, 0.15) is 47.8 Å². The molecule has 0 radical (unpaired) electrons. The molecule has 1 amide bonds. The lowest BCUT2D eigenvalue weighted by Crippen LogP contribution is -2.31. The van der Waals surface area contributed by atoms with Crippen LogP contribution in [-0.2, 0) is 18.3 Å². The first-order valence-corrected chi connectivity index (χ1v) is 8.94. The molecule has 1 saturated heterocycles. The average Bonchev–Trinajstić information content (AvgIpc) is 3.17. The predicted molar refractivity (Wildman–Crippen MR) is 97.7 cm³/mol. The van der Waals surface area contributed by atoms with Crippen molar-refractivity contribution in [3.05, 3.63) is 46.8 Å². The highest BCUT2D eigenvalue weighted by atomic mass is 16.5. The van der Waals surface area contributed by atoms with Crippen LogP contribution in [0.4, 0.5) is 0 Å². The molecule has 0 aliphatic carbocycles. The van der Waals surface area contributed by atoms with Crippen LogP contribution < -0.4 is 4.74 Å². The molecule has 0 spiro atoms. The van der Waals surface area contributed by atoms with Gasteiger partial charge in [-0.2, -0.15) is 5.10 Å². The highest BCUT2D eigenvalue weighted by Gasteiger charge is 2.33. The summed E-state index contributed by atoms with van der Waals surface area (Å²) >= 11 is 0. The zero-order valence-electron chi connectivity index (χ0n) is 15.6. The minimum atomic E-state index is 0.166. The van der Waals surface area contributed by atoms with Crippen molar-refractivity contribution in [3.8, 4) is 5.75 Å². The van der Waals surface area contributed by atoms with Crippen molar-refractivity contribution in [1.29, 1.82) is 0 Å². The fraction of sp³-hybridized carbons (Fsp3) is 0.500. The maximum Gasteiger partial charge on any atom is 0.223 e. The van der Waals surface area contributed by atoms with Gasteiger partial charge in [0, 0.05) is 31.3 Å². The third-order valence-electron chi connectivity index (χ3n) is 5.27. The molecule has 1 atom stereocenters. The number of amides is 1. The monoisotopic (exact) mass is 341 g/mol. The van der Waals surface area contributed by atoms with Crippen LogP contribution in [0.15, 0.2) is 24.3 Å². The fourth-order valence-electron chi connectivity index (χ4n) is 3.93. The lowest BCUT2D eigenvalue weighted by Gasteiger charge is -2.25. The number of ether oxygens (including phenoxy) is 1. The Bertz CT molecular complexity index is 766. The van der Waals surface area contributed by atoms with Crippen LogP contribution in [-0.4, -0.2) is 34.2 Å². The molecule has 2 aromatic rings. The van der Waals surface area contributed by atoms with Gasteiger partial charge in [0.15, 0.2) is 0 Å². The second-order valence-corrected chi connectivity index (χ2v) is 6.77. The van der Waals surface area contributed by atoms with Crippen molar-refractivity contribution in [2.45, 2.75) is 45.6 Å². The van der Waals surface area contributed by atoms with Gasteiger partial charge in [-0.05, 0) is 44.7 Å². The van der Waals surface area contributed by atoms with E-state index in [1.165, 1.54) is 5.56 Å². The van der Waals surface area contributed by atoms with Gasteiger partial charge in [-0.3, -0.25) is 9.48 Å². The van der Waals surface area contributed by atoms with Gasteiger partial charge in [0.2, 0.25) is 5.91 Å². The number of benzene rings is 1. The third kappa shape index (κ3) is 3.41. The van der Waals surface area contributed by atoms with Crippen LogP contribution >= 0.6 is 0 Å². The number of methoxy groups -OCH3 is 1. The lowest BCUT2D eigenvalue weighted by molar-refractivity contribution is -0.132. The Morgan fingerprint density at radius 1 is 1.32 bits per heavy atom. The lowest BCUT2D eigenvalue weighted by atomic mass is 10.0. The smallest absolute Gasteiger partial charge is 0.223 e. The Morgan fingerprint density at radius 3 is 2.76 bits per heavy atom. The second kappa shape index (κ2) is 7.30. The highest BCUT2D eigenvalue weighted by Crippen LogP contribution is 2.36. The number of likely N-dealkylation sites (tertiary alicyclic amines) is 1. The van der Waals surface area contributed by atoms with E-state index in [2.05, 4.69) is 12.0 Å². The van der Waals surface area contributed by atoms with E-state index in [0.29, 0.717) is 12.8 Å². The molecule has 0 N–H and O–H groups in total. The van der Waals surface area contributed by atoms with Crippen LogP contribution in [0.3, 0.4) is 0 Å². The first-order valence-electron chi connectivity index (χ1n) is 8.94. The van der Waals surface area contributed by atoms with Crippen LogP contribution in [0.5, 0.6) is 5.75 Å². The summed E-state index contributed by atoms with van der Waals surface area (Å²) < 4.78 is 7.31. The third-order valence-corrected chi connectivity index (χ3v) is 5.27. The van der Waals surface area contributed by atoms with Gasteiger partial charge >= 0.3 is 0 Å². The van der Waals surface area contributed by atoms with Crippen molar-refractivity contribution < 1.29 is 9.53 Å². The Hall–Kier alpha value is -2.30. The number of hydrogen-bond acceptors (Lipinski definition) is 3. The van der Waals surface area contributed by atoms with Gasteiger partial charge in [-0.15, -0.1) is 0 Å². The molecule has 5 nitrogen and oxygen atoms in total. The van der Waals surface area contributed by atoms with Gasteiger partial charge in [0.1, 0.15) is 5.75 Å². The summed E-state index contributed by atoms with van der Waals surface area (Å²) in [4.78, 5) is 14.9. The molecule has 3 rings (SSSR count). The molecule has 1 aliphatic heterocycles. The number of carbonyl (C=O) groups excluding carboxylic acids is 1. The molecule has 1 aromatic heterocycles.